The molecule has 1 amide bonds. The molecule has 0 unspecified atom stereocenters. The highest BCUT2D eigenvalue weighted by Gasteiger charge is 2.33. The van der Waals surface area contributed by atoms with Crippen LogP contribution < -0.4 is 14.5 Å². The second-order valence-electron chi connectivity index (χ2n) is 8.18. The predicted octanol–water partition coefficient (Wildman–Crippen LogP) is 4.52. The first-order valence-corrected chi connectivity index (χ1v) is 13.2. The second-order valence-corrected chi connectivity index (χ2v) is 10.0. The van der Waals surface area contributed by atoms with Gasteiger partial charge in [-0.3, -0.25) is 19.2 Å². The van der Waals surface area contributed by atoms with Gasteiger partial charge in [0.25, 0.3) is 21.6 Å². The fraction of sp³-hybridized carbons (Fsp3) is 0.0714. The number of anilines is 1. The number of nitrogens with one attached hydrogen (secondary N) is 1. The molecule has 198 valence electrons. The van der Waals surface area contributed by atoms with E-state index in [1.165, 1.54) is 30.5 Å². The van der Waals surface area contributed by atoms with E-state index < -0.39 is 38.0 Å². The zero-order chi connectivity index (χ0) is 27.7. The van der Waals surface area contributed by atoms with Crippen LogP contribution in [0.25, 0.3) is 0 Å². The van der Waals surface area contributed by atoms with Crippen molar-refractivity contribution in [2.45, 2.75) is 11.5 Å². The Kier molecular flexibility index (Phi) is 8.64. The van der Waals surface area contributed by atoms with Crippen LogP contribution in [0, 0.1) is 10.1 Å². The number of nitro groups is 1. The third kappa shape index (κ3) is 6.84. The lowest BCUT2D eigenvalue weighted by atomic mass is 10.2. The summed E-state index contributed by atoms with van der Waals surface area (Å²) in [5.41, 5.74) is 3.48. The number of hydrogen-bond donors (Lipinski definition) is 1. The molecule has 39 heavy (non-hydrogen) atoms. The molecule has 0 saturated heterocycles. The molecule has 1 N–H and O–H groups in total. The van der Waals surface area contributed by atoms with Crippen molar-refractivity contribution in [2.75, 3.05) is 10.8 Å². The Morgan fingerprint density at radius 2 is 1.51 bits per heavy atom. The minimum absolute atomic E-state index is 0.162. The molecule has 0 heterocycles. The van der Waals surface area contributed by atoms with Crippen molar-refractivity contribution in [3.8, 4) is 5.75 Å². The summed E-state index contributed by atoms with van der Waals surface area (Å²) < 4.78 is 33.7. The van der Waals surface area contributed by atoms with Gasteiger partial charge in [0.05, 0.1) is 16.8 Å². The Bertz CT molecular complexity index is 1580. The van der Waals surface area contributed by atoms with Crippen molar-refractivity contribution in [1.29, 1.82) is 0 Å². The lowest BCUT2D eigenvalue weighted by Gasteiger charge is -2.23. The molecule has 0 spiro atoms. The highest BCUT2D eigenvalue weighted by Crippen LogP contribution is 2.29. The number of hydrogen-bond acceptors (Lipinski definition) is 7. The lowest BCUT2D eigenvalue weighted by Crippen LogP contribution is -2.39. The van der Waals surface area contributed by atoms with Gasteiger partial charge in [-0.2, -0.15) is 5.10 Å². The molecule has 0 bridgehead atoms. The quantitative estimate of drug-likeness (QED) is 0.168. The van der Waals surface area contributed by atoms with Gasteiger partial charge in [-0.1, -0.05) is 72.8 Å². The van der Waals surface area contributed by atoms with Gasteiger partial charge in [0.15, 0.2) is 4.90 Å². The Labute approximate surface area is 225 Å². The first-order valence-electron chi connectivity index (χ1n) is 11.7. The van der Waals surface area contributed by atoms with Gasteiger partial charge in [0, 0.05) is 11.6 Å². The highest BCUT2D eigenvalue weighted by molar-refractivity contribution is 7.93. The molecular weight excluding hydrogens is 520 g/mol. The molecule has 0 aliphatic rings. The number of carbonyl (C=O) groups excluding carboxylic acids is 1. The van der Waals surface area contributed by atoms with E-state index >= 15 is 0 Å². The summed E-state index contributed by atoms with van der Waals surface area (Å²) in [6.45, 7) is -0.324. The van der Waals surface area contributed by atoms with Gasteiger partial charge in [0.1, 0.15) is 18.9 Å². The van der Waals surface area contributed by atoms with E-state index in [0.717, 1.165) is 22.0 Å². The normalized spacial score (nSPS) is 11.2. The van der Waals surface area contributed by atoms with Crippen LogP contribution in [0.15, 0.2) is 119 Å². The van der Waals surface area contributed by atoms with Gasteiger partial charge in [-0.15, -0.1) is 0 Å². The monoisotopic (exact) mass is 544 g/mol. The molecular formula is C28H24N4O6S. The van der Waals surface area contributed by atoms with E-state index in [1.54, 1.807) is 36.4 Å². The fourth-order valence-corrected chi connectivity index (χ4v) is 5.23. The van der Waals surface area contributed by atoms with Crippen molar-refractivity contribution in [1.82, 2.24) is 5.43 Å². The third-order valence-corrected chi connectivity index (χ3v) is 7.33. The number of sulfonamides is 1. The van der Waals surface area contributed by atoms with E-state index in [-0.39, 0.29) is 5.69 Å². The van der Waals surface area contributed by atoms with Crippen LogP contribution in [0.3, 0.4) is 0 Å². The summed E-state index contributed by atoms with van der Waals surface area (Å²) in [6.07, 6.45) is 1.39. The maximum atomic E-state index is 13.5. The standard InChI is InChI=1S/C28H24N4O6S/c33-28(30-29-19-23-13-7-9-17-26(23)38-21-22-11-3-1-4-12-22)20-31(24-14-5-2-6-15-24)39(36,37)27-18-10-8-16-25(27)32(34)35/h1-19H,20-21H2,(H,30,33)/b29-19-. The summed E-state index contributed by atoms with van der Waals surface area (Å²) in [6, 6.07) is 29.6. The van der Waals surface area contributed by atoms with Gasteiger partial charge < -0.3 is 4.74 Å². The predicted molar refractivity (Wildman–Crippen MR) is 147 cm³/mol. The number of nitro benzene ring substituents is 1. The summed E-state index contributed by atoms with van der Waals surface area (Å²) in [4.78, 5) is 23.0. The minimum Gasteiger partial charge on any atom is -0.488 e. The van der Waals surface area contributed by atoms with Gasteiger partial charge in [-0.05, 0) is 35.9 Å². The van der Waals surface area contributed by atoms with E-state index in [2.05, 4.69) is 10.5 Å². The minimum atomic E-state index is -4.48. The second kappa shape index (κ2) is 12.5. The largest absolute Gasteiger partial charge is 0.488 e. The van der Waals surface area contributed by atoms with Crippen LogP contribution in [0.5, 0.6) is 5.75 Å². The number of carbonyl (C=O) groups is 1. The zero-order valence-electron chi connectivity index (χ0n) is 20.6. The van der Waals surface area contributed by atoms with Crippen molar-refractivity contribution in [3.63, 3.8) is 0 Å². The Morgan fingerprint density at radius 1 is 0.897 bits per heavy atom. The Morgan fingerprint density at radius 3 is 2.23 bits per heavy atom. The number of ether oxygens (including phenoxy) is 1. The summed E-state index contributed by atoms with van der Waals surface area (Å²) in [5.74, 6) is -0.204. The number of benzene rings is 4. The summed E-state index contributed by atoms with van der Waals surface area (Å²) in [7, 11) is -4.48. The molecule has 0 aliphatic heterocycles. The number of rotatable bonds is 11. The molecule has 4 aromatic rings. The molecule has 0 radical (unpaired) electrons. The third-order valence-electron chi connectivity index (χ3n) is 5.51. The molecule has 11 heteroatoms. The van der Waals surface area contributed by atoms with Crippen LogP contribution in [-0.2, 0) is 21.4 Å². The fourth-order valence-electron chi connectivity index (χ4n) is 3.65. The van der Waals surface area contributed by atoms with Gasteiger partial charge >= 0.3 is 0 Å². The average Bonchev–Trinajstić information content (AvgIpc) is 2.96. The van der Waals surface area contributed by atoms with Gasteiger partial charge in [-0.25, -0.2) is 13.8 Å². The van der Waals surface area contributed by atoms with Crippen molar-refractivity contribution < 1.29 is 22.9 Å². The van der Waals surface area contributed by atoms with Gasteiger partial charge in [0.2, 0.25) is 0 Å². The molecule has 4 aromatic carbocycles. The lowest BCUT2D eigenvalue weighted by molar-refractivity contribution is -0.387. The van der Waals surface area contributed by atoms with E-state index in [4.69, 9.17) is 4.74 Å². The molecule has 0 aliphatic carbocycles. The summed E-state index contributed by atoms with van der Waals surface area (Å²) >= 11 is 0. The maximum Gasteiger partial charge on any atom is 0.289 e. The van der Waals surface area contributed by atoms with Crippen LogP contribution in [0.2, 0.25) is 0 Å². The molecule has 0 saturated carbocycles. The molecule has 0 fully saturated rings. The number of para-hydroxylation sites is 3. The molecule has 0 aromatic heterocycles. The number of nitrogens with zero attached hydrogens (tertiary/aromatic N) is 3. The van der Waals surface area contributed by atoms with Crippen LogP contribution in [0.4, 0.5) is 11.4 Å². The van der Waals surface area contributed by atoms with Crippen molar-refractivity contribution in [2.24, 2.45) is 5.10 Å². The molecule has 10 nitrogen and oxygen atoms in total. The smallest absolute Gasteiger partial charge is 0.289 e. The average molecular weight is 545 g/mol. The Balaban J connectivity index is 1.51. The van der Waals surface area contributed by atoms with E-state index in [1.807, 2.05) is 36.4 Å². The summed E-state index contributed by atoms with van der Waals surface area (Å²) in [5, 5.41) is 15.5. The van der Waals surface area contributed by atoms with Crippen LogP contribution >= 0.6 is 0 Å². The van der Waals surface area contributed by atoms with Crippen LogP contribution in [-0.4, -0.2) is 32.0 Å². The Hall–Kier alpha value is -5.03. The zero-order valence-corrected chi connectivity index (χ0v) is 21.4. The SMILES string of the molecule is O=C(CN(c1ccccc1)S(=O)(=O)c1ccccc1[N+](=O)[O-])N/N=C\c1ccccc1OCc1ccccc1. The maximum absolute atomic E-state index is 13.5. The van der Waals surface area contributed by atoms with Crippen molar-refractivity contribution in [3.05, 3.63) is 130 Å². The van der Waals surface area contributed by atoms with Crippen LogP contribution in [0.1, 0.15) is 11.1 Å². The first-order chi connectivity index (χ1) is 18.9. The van der Waals surface area contributed by atoms with Crippen molar-refractivity contribution >= 4 is 33.5 Å². The number of hydrazone groups is 1. The number of amides is 1. The molecule has 4 rings (SSSR count). The highest BCUT2D eigenvalue weighted by atomic mass is 32.2. The van der Waals surface area contributed by atoms with E-state index in [9.17, 15) is 23.3 Å². The first kappa shape index (κ1) is 27.0. The van der Waals surface area contributed by atoms with E-state index in [0.29, 0.717) is 17.9 Å². The topological polar surface area (TPSA) is 131 Å². The molecule has 0 atom stereocenters.